The Kier molecular flexibility index (Phi) is 3.61. The van der Waals surface area contributed by atoms with Crippen LogP contribution in [0.4, 0.5) is 5.82 Å². The van der Waals surface area contributed by atoms with E-state index in [1.807, 2.05) is 0 Å². The summed E-state index contributed by atoms with van der Waals surface area (Å²) in [4.78, 5) is 24.2. The zero-order chi connectivity index (χ0) is 14.7. The van der Waals surface area contributed by atoms with Crippen LogP contribution in [-0.4, -0.2) is 25.4 Å². The van der Waals surface area contributed by atoms with E-state index in [0.29, 0.717) is 22.2 Å². The average molecular weight is 300 g/mol. The van der Waals surface area contributed by atoms with Gasteiger partial charge in [0.2, 0.25) is 0 Å². The quantitative estimate of drug-likeness (QED) is 0.806. The fourth-order valence-corrected chi connectivity index (χ4v) is 1.87. The van der Waals surface area contributed by atoms with Gasteiger partial charge >= 0.3 is 0 Å². The Hall–Kier alpha value is -2.73. The van der Waals surface area contributed by atoms with Crippen molar-refractivity contribution in [3.05, 3.63) is 66.0 Å². The predicted molar refractivity (Wildman–Crippen MR) is 78.6 cm³/mol. The fraction of sp³-hybridized carbons (Fsp3) is 0. The summed E-state index contributed by atoms with van der Waals surface area (Å²) in [5.74, 6) is 0.768. The van der Waals surface area contributed by atoms with Crippen molar-refractivity contribution in [2.75, 3.05) is 5.32 Å². The third kappa shape index (κ3) is 3.06. The van der Waals surface area contributed by atoms with Gasteiger partial charge in [-0.3, -0.25) is 9.36 Å². The van der Waals surface area contributed by atoms with Gasteiger partial charge in [0.1, 0.15) is 24.3 Å². The van der Waals surface area contributed by atoms with Crippen molar-refractivity contribution < 1.29 is 4.79 Å². The first-order chi connectivity index (χ1) is 10.2. The van der Waals surface area contributed by atoms with Crippen LogP contribution < -0.4 is 5.32 Å². The van der Waals surface area contributed by atoms with Gasteiger partial charge in [-0.2, -0.15) is 0 Å². The number of nitrogens with one attached hydrogen (secondary N) is 1. The summed E-state index contributed by atoms with van der Waals surface area (Å²) in [6, 6.07) is 8.28. The zero-order valence-corrected chi connectivity index (χ0v) is 11.5. The number of halogens is 1. The first-order valence-corrected chi connectivity index (χ1v) is 6.47. The van der Waals surface area contributed by atoms with Gasteiger partial charge in [0.05, 0.1) is 0 Å². The minimum atomic E-state index is -0.262. The summed E-state index contributed by atoms with van der Waals surface area (Å²) in [6.45, 7) is 0. The highest BCUT2D eigenvalue weighted by Gasteiger charge is 2.08. The Bertz CT molecular complexity index is 755. The van der Waals surface area contributed by atoms with Crippen molar-refractivity contribution in [2.24, 2.45) is 0 Å². The highest BCUT2D eigenvalue weighted by atomic mass is 35.5. The maximum absolute atomic E-state index is 12.1. The highest BCUT2D eigenvalue weighted by molar-refractivity contribution is 6.30. The van der Waals surface area contributed by atoms with E-state index in [2.05, 4.69) is 20.3 Å². The molecule has 104 valence electrons. The van der Waals surface area contributed by atoms with Crippen molar-refractivity contribution >= 4 is 23.3 Å². The molecule has 0 aliphatic heterocycles. The number of nitrogens with zero attached hydrogens (tertiary/aromatic N) is 4. The SMILES string of the molecule is O=C(Nc1cc(-n2ccnc2)ncn1)c1ccc(Cl)cc1. The van der Waals surface area contributed by atoms with Crippen LogP contribution in [0, 0.1) is 0 Å². The smallest absolute Gasteiger partial charge is 0.256 e. The Morgan fingerprint density at radius 2 is 2.00 bits per heavy atom. The lowest BCUT2D eigenvalue weighted by Crippen LogP contribution is -2.13. The summed E-state index contributed by atoms with van der Waals surface area (Å²) < 4.78 is 1.72. The molecule has 21 heavy (non-hydrogen) atoms. The summed E-state index contributed by atoms with van der Waals surface area (Å²) in [6.07, 6.45) is 6.40. The molecule has 0 saturated heterocycles. The number of anilines is 1. The molecule has 0 unspecified atom stereocenters. The van der Waals surface area contributed by atoms with E-state index >= 15 is 0 Å². The van der Waals surface area contributed by atoms with Crippen molar-refractivity contribution in [1.82, 2.24) is 19.5 Å². The molecule has 0 fully saturated rings. The second-order valence-electron chi connectivity index (χ2n) is 4.19. The number of amides is 1. The molecule has 1 N–H and O–H groups in total. The summed E-state index contributed by atoms with van der Waals surface area (Å²) >= 11 is 5.79. The van der Waals surface area contributed by atoms with Crippen LogP contribution in [0.15, 0.2) is 55.4 Å². The first-order valence-electron chi connectivity index (χ1n) is 6.10. The van der Waals surface area contributed by atoms with Crippen molar-refractivity contribution in [1.29, 1.82) is 0 Å². The molecule has 0 spiro atoms. The van der Waals surface area contributed by atoms with Gasteiger partial charge in [-0.25, -0.2) is 15.0 Å². The van der Waals surface area contributed by atoms with Crippen LogP contribution in [0.1, 0.15) is 10.4 Å². The molecule has 7 heteroatoms. The molecule has 2 aromatic heterocycles. The van der Waals surface area contributed by atoms with E-state index in [4.69, 9.17) is 11.6 Å². The van der Waals surface area contributed by atoms with Crippen molar-refractivity contribution in [2.45, 2.75) is 0 Å². The molecule has 2 heterocycles. The number of rotatable bonds is 3. The summed E-state index contributed by atoms with van der Waals surface area (Å²) in [5.41, 5.74) is 0.502. The minimum Gasteiger partial charge on any atom is -0.306 e. The van der Waals surface area contributed by atoms with Crippen molar-refractivity contribution in [3.8, 4) is 5.82 Å². The lowest BCUT2D eigenvalue weighted by Gasteiger charge is -2.06. The van der Waals surface area contributed by atoms with Crippen LogP contribution in [0.25, 0.3) is 5.82 Å². The second kappa shape index (κ2) is 5.72. The number of carbonyl (C=O) groups excluding carboxylic acids is 1. The van der Waals surface area contributed by atoms with E-state index in [9.17, 15) is 4.79 Å². The van der Waals surface area contributed by atoms with Gasteiger partial charge in [-0.05, 0) is 24.3 Å². The normalized spacial score (nSPS) is 10.3. The molecule has 3 aromatic rings. The number of imidazole rings is 1. The van der Waals surface area contributed by atoms with E-state index in [1.54, 1.807) is 53.6 Å². The minimum absolute atomic E-state index is 0.262. The van der Waals surface area contributed by atoms with Crippen LogP contribution in [0.5, 0.6) is 0 Å². The molecule has 0 aliphatic carbocycles. The molecular weight excluding hydrogens is 290 g/mol. The van der Waals surface area contributed by atoms with Crippen LogP contribution >= 0.6 is 11.6 Å². The van der Waals surface area contributed by atoms with Gasteiger partial charge in [0.25, 0.3) is 5.91 Å². The summed E-state index contributed by atoms with van der Waals surface area (Å²) in [7, 11) is 0. The van der Waals surface area contributed by atoms with Gasteiger partial charge in [-0.1, -0.05) is 11.6 Å². The largest absolute Gasteiger partial charge is 0.306 e. The zero-order valence-electron chi connectivity index (χ0n) is 10.8. The first kappa shape index (κ1) is 13.3. The van der Waals surface area contributed by atoms with Gasteiger partial charge < -0.3 is 5.32 Å². The maximum atomic E-state index is 12.1. The summed E-state index contributed by atoms with van der Waals surface area (Å²) in [5, 5.41) is 3.29. The molecule has 0 saturated carbocycles. The Morgan fingerprint density at radius 3 is 2.71 bits per heavy atom. The maximum Gasteiger partial charge on any atom is 0.256 e. The third-order valence-corrected chi connectivity index (χ3v) is 3.02. The molecule has 0 bridgehead atoms. The Balaban J connectivity index is 1.80. The predicted octanol–water partition coefficient (Wildman–Crippen LogP) is 2.57. The molecule has 1 aromatic carbocycles. The number of aromatic nitrogens is 4. The number of hydrogen-bond donors (Lipinski definition) is 1. The standard InChI is InChI=1S/C14H10ClN5O/c15-11-3-1-10(2-4-11)14(21)19-12-7-13(18-8-17-12)20-6-5-16-9-20/h1-9H,(H,17,18,19,21). The Morgan fingerprint density at radius 1 is 1.19 bits per heavy atom. The van der Waals surface area contributed by atoms with Crippen LogP contribution in [0.2, 0.25) is 5.02 Å². The topological polar surface area (TPSA) is 72.7 Å². The molecular formula is C14H10ClN5O. The fourth-order valence-electron chi connectivity index (χ4n) is 1.74. The Labute approximate surface area is 125 Å². The molecule has 6 nitrogen and oxygen atoms in total. The van der Waals surface area contributed by atoms with Gasteiger partial charge in [0, 0.05) is 29.0 Å². The van der Waals surface area contributed by atoms with Gasteiger partial charge in [0.15, 0.2) is 0 Å². The number of benzene rings is 1. The van der Waals surface area contributed by atoms with E-state index in [1.165, 1.54) is 6.33 Å². The number of hydrogen-bond acceptors (Lipinski definition) is 4. The van der Waals surface area contributed by atoms with Crippen LogP contribution in [0.3, 0.4) is 0 Å². The third-order valence-electron chi connectivity index (χ3n) is 2.77. The second-order valence-corrected chi connectivity index (χ2v) is 4.63. The van der Waals surface area contributed by atoms with E-state index in [0.717, 1.165) is 0 Å². The molecule has 3 rings (SSSR count). The van der Waals surface area contributed by atoms with Gasteiger partial charge in [-0.15, -0.1) is 0 Å². The van der Waals surface area contributed by atoms with Crippen LogP contribution in [-0.2, 0) is 0 Å². The molecule has 0 radical (unpaired) electrons. The lowest BCUT2D eigenvalue weighted by molar-refractivity contribution is 0.102. The number of carbonyl (C=O) groups is 1. The average Bonchev–Trinajstić information content (AvgIpc) is 3.02. The molecule has 0 aliphatic rings. The van der Waals surface area contributed by atoms with E-state index in [-0.39, 0.29) is 5.91 Å². The molecule has 1 amide bonds. The van der Waals surface area contributed by atoms with E-state index < -0.39 is 0 Å². The molecule has 0 atom stereocenters. The van der Waals surface area contributed by atoms with Crippen molar-refractivity contribution in [3.63, 3.8) is 0 Å². The monoisotopic (exact) mass is 299 g/mol. The highest BCUT2D eigenvalue weighted by Crippen LogP contribution is 2.12. The lowest BCUT2D eigenvalue weighted by atomic mass is 10.2.